The van der Waals surface area contributed by atoms with Gasteiger partial charge in [-0.25, -0.2) is 4.39 Å². The van der Waals surface area contributed by atoms with Gasteiger partial charge >= 0.3 is 0 Å². The van der Waals surface area contributed by atoms with Crippen LogP contribution in [0.2, 0.25) is 5.02 Å². The normalized spacial score (nSPS) is 11.8. The molecule has 102 valence electrons. The third-order valence-corrected chi connectivity index (χ3v) is 3.74. The second-order valence-corrected chi connectivity index (χ2v) is 4.99. The van der Waals surface area contributed by atoms with Crippen molar-refractivity contribution in [1.82, 2.24) is 0 Å². The van der Waals surface area contributed by atoms with E-state index in [1.165, 1.54) is 12.1 Å². The number of anilines is 1. The maximum atomic E-state index is 13.2. The average molecular weight is 289 g/mol. The van der Waals surface area contributed by atoms with E-state index in [0.717, 1.165) is 5.56 Å². The monoisotopic (exact) mass is 288 g/mol. The van der Waals surface area contributed by atoms with Crippen LogP contribution in [-0.2, 0) is 0 Å². The first kappa shape index (κ1) is 14.4. The maximum absolute atomic E-state index is 13.2. The highest BCUT2D eigenvalue weighted by atomic mass is 35.5. The summed E-state index contributed by atoms with van der Waals surface area (Å²) in [6, 6.07) is 13.8. The van der Waals surface area contributed by atoms with Gasteiger partial charge in [0.2, 0.25) is 0 Å². The molecule has 2 nitrogen and oxygen atoms in total. The molecule has 0 N–H and O–H groups in total. The van der Waals surface area contributed by atoms with Crippen LogP contribution in [0.4, 0.5) is 10.1 Å². The van der Waals surface area contributed by atoms with Crippen LogP contribution in [0.3, 0.4) is 0 Å². The van der Waals surface area contributed by atoms with Crippen LogP contribution in [0.25, 0.3) is 0 Å². The van der Waals surface area contributed by atoms with E-state index < -0.39 is 5.82 Å². The summed E-state index contributed by atoms with van der Waals surface area (Å²) in [5.41, 5.74) is 1.96. The number of nitrogens with zero attached hydrogens (tertiary/aromatic N) is 2. The molecule has 2 aromatic rings. The number of hydrogen-bond donors (Lipinski definition) is 0. The quantitative estimate of drug-likeness (QED) is 0.828. The molecule has 0 aliphatic heterocycles. The summed E-state index contributed by atoms with van der Waals surface area (Å²) in [6.07, 6.45) is 0. The SMILES string of the molecule is CC(c1ccccc1Cl)N(C)c1ccc(F)cc1C#N. The van der Waals surface area contributed by atoms with Crippen molar-refractivity contribution < 1.29 is 4.39 Å². The number of benzene rings is 2. The fraction of sp³-hybridized carbons (Fsp3) is 0.188. The molecule has 0 heterocycles. The van der Waals surface area contributed by atoms with Gasteiger partial charge in [0.1, 0.15) is 11.9 Å². The van der Waals surface area contributed by atoms with E-state index in [9.17, 15) is 4.39 Å². The van der Waals surface area contributed by atoms with Gasteiger partial charge in [0, 0.05) is 12.1 Å². The number of rotatable bonds is 3. The van der Waals surface area contributed by atoms with Gasteiger partial charge in [-0.2, -0.15) is 5.26 Å². The molecule has 20 heavy (non-hydrogen) atoms. The zero-order chi connectivity index (χ0) is 14.7. The van der Waals surface area contributed by atoms with E-state index in [2.05, 4.69) is 0 Å². The van der Waals surface area contributed by atoms with Crippen molar-refractivity contribution in [3.05, 3.63) is 64.4 Å². The molecule has 0 saturated carbocycles. The van der Waals surface area contributed by atoms with Gasteiger partial charge in [-0.3, -0.25) is 0 Å². The molecule has 2 rings (SSSR count). The number of nitriles is 1. The second kappa shape index (κ2) is 5.94. The molecule has 1 unspecified atom stereocenters. The minimum atomic E-state index is -0.413. The van der Waals surface area contributed by atoms with E-state index in [4.69, 9.17) is 16.9 Å². The van der Waals surface area contributed by atoms with Gasteiger partial charge in [0.25, 0.3) is 0 Å². The van der Waals surface area contributed by atoms with Crippen LogP contribution in [-0.4, -0.2) is 7.05 Å². The van der Waals surface area contributed by atoms with Crippen LogP contribution in [0.15, 0.2) is 42.5 Å². The standard InChI is InChI=1S/C16H14ClFN2/c1-11(14-5-3-4-6-15(14)17)20(2)16-8-7-13(18)9-12(16)10-19/h3-9,11H,1-2H3. The fourth-order valence-corrected chi connectivity index (χ4v) is 2.43. The summed E-state index contributed by atoms with van der Waals surface area (Å²) < 4.78 is 13.2. The van der Waals surface area contributed by atoms with Crippen molar-refractivity contribution >= 4 is 17.3 Å². The molecule has 0 fully saturated rings. The third-order valence-electron chi connectivity index (χ3n) is 3.40. The minimum Gasteiger partial charge on any atom is -0.367 e. The first-order chi connectivity index (χ1) is 9.54. The zero-order valence-corrected chi connectivity index (χ0v) is 12.0. The Kier molecular flexibility index (Phi) is 4.26. The first-order valence-corrected chi connectivity index (χ1v) is 6.59. The smallest absolute Gasteiger partial charge is 0.124 e. The predicted octanol–water partition coefficient (Wildman–Crippen LogP) is 4.55. The molecule has 0 aliphatic carbocycles. The predicted molar refractivity (Wildman–Crippen MR) is 79.4 cm³/mol. The van der Waals surface area contributed by atoms with E-state index in [-0.39, 0.29) is 6.04 Å². The van der Waals surface area contributed by atoms with E-state index in [1.54, 1.807) is 6.07 Å². The molecule has 0 saturated heterocycles. The van der Waals surface area contributed by atoms with Gasteiger partial charge < -0.3 is 4.90 Å². The number of halogens is 2. The van der Waals surface area contributed by atoms with Gasteiger partial charge in [0.15, 0.2) is 0 Å². The molecule has 0 aromatic heterocycles. The van der Waals surface area contributed by atoms with Crippen LogP contribution in [0.1, 0.15) is 24.1 Å². The van der Waals surface area contributed by atoms with Crippen molar-refractivity contribution in [2.75, 3.05) is 11.9 Å². The minimum absolute atomic E-state index is 0.0266. The van der Waals surface area contributed by atoms with Gasteiger partial charge in [-0.05, 0) is 36.8 Å². The molecule has 1 atom stereocenters. The summed E-state index contributed by atoms with van der Waals surface area (Å²) in [4.78, 5) is 1.92. The van der Waals surface area contributed by atoms with Gasteiger partial charge in [0.05, 0.1) is 17.3 Å². The Hall–Kier alpha value is -2.05. The third kappa shape index (κ3) is 2.76. The fourth-order valence-electron chi connectivity index (χ4n) is 2.14. The molecule has 0 bridgehead atoms. The van der Waals surface area contributed by atoms with Crippen molar-refractivity contribution in [3.8, 4) is 6.07 Å². The molecule has 0 spiro atoms. The molecular weight excluding hydrogens is 275 g/mol. The Morgan fingerprint density at radius 1 is 1.25 bits per heavy atom. The highest BCUT2D eigenvalue weighted by molar-refractivity contribution is 6.31. The first-order valence-electron chi connectivity index (χ1n) is 6.21. The molecule has 0 aliphatic rings. The van der Waals surface area contributed by atoms with Gasteiger partial charge in [-0.1, -0.05) is 29.8 Å². The lowest BCUT2D eigenvalue weighted by Gasteiger charge is -2.28. The zero-order valence-electron chi connectivity index (χ0n) is 11.3. The van der Waals surface area contributed by atoms with Crippen LogP contribution in [0.5, 0.6) is 0 Å². The van der Waals surface area contributed by atoms with Crippen LogP contribution < -0.4 is 4.90 Å². The Balaban J connectivity index is 2.39. The summed E-state index contributed by atoms with van der Waals surface area (Å²) in [5, 5.41) is 9.80. The molecule has 0 amide bonds. The molecule has 4 heteroatoms. The summed E-state index contributed by atoms with van der Waals surface area (Å²) in [6.45, 7) is 1.99. The molecule has 0 radical (unpaired) electrons. The Bertz CT molecular complexity index is 664. The van der Waals surface area contributed by atoms with Crippen molar-refractivity contribution in [2.45, 2.75) is 13.0 Å². The van der Waals surface area contributed by atoms with Crippen LogP contribution in [0, 0.1) is 17.1 Å². The molecular formula is C16H14ClFN2. The average Bonchev–Trinajstić information content (AvgIpc) is 2.46. The summed E-state index contributed by atoms with van der Waals surface area (Å²) >= 11 is 6.20. The largest absolute Gasteiger partial charge is 0.367 e. The second-order valence-electron chi connectivity index (χ2n) is 4.58. The topological polar surface area (TPSA) is 27.0 Å². The summed E-state index contributed by atoms with van der Waals surface area (Å²) in [5.74, 6) is -0.413. The Morgan fingerprint density at radius 2 is 1.95 bits per heavy atom. The van der Waals surface area contributed by atoms with Crippen molar-refractivity contribution in [3.63, 3.8) is 0 Å². The van der Waals surface area contributed by atoms with Crippen LogP contribution >= 0.6 is 11.6 Å². The van der Waals surface area contributed by atoms with Crippen molar-refractivity contribution in [1.29, 1.82) is 5.26 Å². The highest BCUT2D eigenvalue weighted by Gasteiger charge is 2.17. The lowest BCUT2D eigenvalue weighted by molar-refractivity contribution is 0.626. The van der Waals surface area contributed by atoms with Crippen molar-refractivity contribution in [2.24, 2.45) is 0 Å². The maximum Gasteiger partial charge on any atom is 0.124 e. The summed E-state index contributed by atoms with van der Waals surface area (Å²) in [7, 11) is 1.86. The van der Waals surface area contributed by atoms with E-state index >= 15 is 0 Å². The lowest BCUT2D eigenvalue weighted by Crippen LogP contribution is -2.22. The number of hydrogen-bond acceptors (Lipinski definition) is 2. The van der Waals surface area contributed by atoms with E-state index in [0.29, 0.717) is 16.3 Å². The Labute approximate surface area is 123 Å². The van der Waals surface area contributed by atoms with E-state index in [1.807, 2.05) is 49.2 Å². The lowest BCUT2D eigenvalue weighted by atomic mass is 10.1. The Morgan fingerprint density at radius 3 is 2.60 bits per heavy atom. The molecule has 2 aromatic carbocycles. The van der Waals surface area contributed by atoms with Gasteiger partial charge in [-0.15, -0.1) is 0 Å². The highest BCUT2D eigenvalue weighted by Crippen LogP contribution is 2.31.